The van der Waals surface area contributed by atoms with Crippen molar-refractivity contribution in [2.45, 2.75) is 45.3 Å². The van der Waals surface area contributed by atoms with E-state index in [1.54, 1.807) is 20.8 Å². The average Bonchev–Trinajstić information content (AvgIpc) is 2.49. The third kappa shape index (κ3) is 6.08. The zero-order chi connectivity index (χ0) is 20.1. The minimum atomic E-state index is -1.69. The summed E-state index contributed by atoms with van der Waals surface area (Å²) in [6.45, 7) is 4.68. The highest BCUT2D eigenvalue weighted by Crippen LogP contribution is 2.19. The summed E-state index contributed by atoms with van der Waals surface area (Å²) < 4.78 is 5.13. The molecule has 1 atom stereocenters. The Hall–Kier alpha value is -3.10. The molecule has 2 amide bonds. The second-order valence-electron chi connectivity index (χ2n) is 6.56. The van der Waals surface area contributed by atoms with Crippen molar-refractivity contribution in [3.63, 3.8) is 0 Å². The summed E-state index contributed by atoms with van der Waals surface area (Å²) in [7, 11) is 0. The van der Waals surface area contributed by atoms with E-state index >= 15 is 0 Å². The average molecular weight is 366 g/mol. The molecule has 0 unspecified atom stereocenters. The van der Waals surface area contributed by atoms with E-state index in [9.17, 15) is 24.3 Å². The molecule has 0 spiro atoms. The molecular weight excluding hydrogens is 344 g/mol. The highest BCUT2D eigenvalue weighted by Gasteiger charge is 2.38. The first-order chi connectivity index (χ1) is 11.9. The molecule has 1 aromatic carbocycles. The molecule has 4 N–H and O–H groups in total. The molecule has 9 heteroatoms. The molecule has 1 aromatic rings. The first kappa shape index (κ1) is 20.9. The number of nitrogens with zero attached hydrogens (tertiary/aromatic N) is 1. The molecule has 0 aromatic heterocycles. The van der Waals surface area contributed by atoms with Gasteiger partial charge in [0.25, 0.3) is 5.91 Å². The standard InChI is InChI=1S/C17H22N2O7/c1-17(2,3)26-16(25)19(12(15(23)24)8-9-13(20)21)14(22)10-4-6-11(18)7-5-10/h4-7,12H,8-9,18H2,1-3H3,(H,20,21)(H,23,24)/t12-/m0/s1. The van der Waals surface area contributed by atoms with Crippen molar-refractivity contribution in [1.82, 2.24) is 4.90 Å². The molecule has 0 saturated heterocycles. The van der Waals surface area contributed by atoms with Gasteiger partial charge in [0.15, 0.2) is 0 Å². The number of aliphatic carboxylic acids is 2. The summed E-state index contributed by atoms with van der Waals surface area (Å²) in [6, 6.07) is 3.84. The molecule has 0 aliphatic rings. The quantitative estimate of drug-likeness (QED) is 0.647. The van der Waals surface area contributed by atoms with Crippen LogP contribution in [0.25, 0.3) is 0 Å². The zero-order valence-electron chi connectivity index (χ0n) is 14.8. The number of hydrogen-bond donors (Lipinski definition) is 3. The molecule has 1 rings (SSSR count). The Balaban J connectivity index is 3.27. The number of carbonyl (C=O) groups excluding carboxylic acids is 2. The lowest BCUT2D eigenvalue weighted by atomic mass is 10.1. The number of hydrogen-bond acceptors (Lipinski definition) is 6. The number of carboxylic acid groups (broad SMARTS) is 2. The summed E-state index contributed by atoms with van der Waals surface area (Å²) in [4.78, 5) is 48.1. The van der Waals surface area contributed by atoms with Gasteiger partial charge in [0, 0.05) is 17.7 Å². The molecule has 0 heterocycles. The van der Waals surface area contributed by atoms with Gasteiger partial charge in [-0.05, 0) is 51.5 Å². The monoisotopic (exact) mass is 366 g/mol. The first-order valence-corrected chi connectivity index (χ1v) is 7.79. The lowest BCUT2D eigenvalue weighted by Crippen LogP contribution is -2.50. The van der Waals surface area contributed by atoms with Crippen LogP contribution in [0.3, 0.4) is 0 Å². The summed E-state index contributed by atoms with van der Waals surface area (Å²) in [5, 5.41) is 18.2. The number of ether oxygens (including phenoxy) is 1. The third-order valence-corrected chi connectivity index (χ3v) is 3.20. The maximum Gasteiger partial charge on any atom is 0.418 e. The van der Waals surface area contributed by atoms with E-state index in [0.717, 1.165) is 0 Å². The van der Waals surface area contributed by atoms with Crippen molar-refractivity contribution in [3.8, 4) is 0 Å². The predicted molar refractivity (Wildman–Crippen MR) is 91.6 cm³/mol. The van der Waals surface area contributed by atoms with Crippen LogP contribution in [0.4, 0.5) is 10.5 Å². The number of nitrogens with two attached hydrogens (primary N) is 1. The third-order valence-electron chi connectivity index (χ3n) is 3.20. The number of carbonyl (C=O) groups is 4. The highest BCUT2D eigenvalue weighted by atomic mass is 16.6. The largest absolute Gasteiger partial charge is 0.481 e. The normalized spacial score (nSPS) is 12.1. The Bertz CT molecular complexity index is 692. The lowest BCUT2D eigenvalue weighted by Gasteiger charge is -2.30. The van der Waals surface area contributed by atoms with Crippen molar-refractivity contribution in [3.05, 3.63) is 29.8 Å². The van der Waals surface area contributed by atoms with Gasteiger partial charge in [0.1, 0.15) is 11.6 Å². The number of anilines is 1. The van der Waals surface area contributed by atoms with Gasteiger partial charge in [-0.25, -0.2) is 14.5 Å². The Kier molecular flexibility index (Phi) is 6.71. The molecule has 9 nitrogen and oxygen atoms in total. The molecule has 0 radical (unpaired) electrons. The van der Waals surface area contributed by atoms with E-state index in [4.69, 9.17) is 15.6 Å². The number of nitrogen functional groups attached to an aromatic ring is 1. The van der Waals surface area contributed by atoms with Crippen molar-refractivity contribution in [1.29, 1.82) is 0 Å². The smallest absolute Gasteiger partial charge is 0.418 e. The van der Waals surface area contributed by atoms with E-state index in [1.165, 1.54) is 24.3 Å². The fraction of sp³-hybridized carbons (Fsp3) is 0.412. The molecule has 0 aliphatic heterocycles. The second kappa shape index (κ2) is 8.32. The number of rotatable bonds is 6. The van der Waals surface area contributed by atoms with E-state index in [2.05, 4.69) is 0 Å². The summed E-state index contributed by atoms with van der Waals surface area (Å²) in [6.07, 6.45) is -2.16. The van der Waals surface area contributed by atoms with E-state index in [-0.39, 0.29) is 5.56 Å². The Labute approximate surface area is 150 Å². The van der Waals surface area contributed by atoms with Gasteiger partial charge in [-0.3, -0.25) is 9.59 Å². The van der Waals surface area contributed by atoms with Gasteiger partial charge in [0.2, 0.25) is 0 Å². The zero-order valence-corrected chi connectivity index (χ0v) is 14.8. The number of amides is 2. The fourth-order valence-corrected chi connectivity index (χ4v) is 2.05. The van der Waals surface area contributed by atoms with Crippen LogP contribution < -0.4 is 5.73 Å². The summed E-state index contributed by atoms with van der Waals surface area (Å²) in [5.74, 6) is -3.68. The van der Waals surface area contributed by atoms with Gasteiger partial charge in [-0.15, -0.1) is 0 Å². The van der Waals surface area contributed by atoms with Crippen LogP contribution >= 0.6 is 0 Å². The second-order valence-corrected chi connectivity index (χ2v) is 6.56. The van der Waals surface area contributed by atoms with Crippen LogP contribution in [-0.2, 0) is 14.3 Å². The summed E-state index contributed by atoms with van der Waals surface area (Å²) >= 11 is 0. The number of imide groups is 1. The van der Waals surface area contributed by atoms with Crippen LogP contribution in [0.15, 0.2) is 24.3 Å². The summed E-state index contributed by atoms with van der Waals surface area (Å²) in [5.41, 5.74) is 4.98. The van der Waals surface area contributed by atoms with Crippen molar-refractivity contribution in [2.75, 3.05) is 5.73 Å². The molecule has 0 aliphatic carbocycles. The lowest BCUT2D eigenvalue weighted by molar-refractivity contribution is -0.143. The van der Waals surface area contributed by atoms with Crippen LogP contribution in [0.1, 0.15) is 44.0 Å². The number of benzene rings is 1. The van der Waals surface area contributed by atoms with Crippen molar-refractivity contribution >= 4 is 29.6 Å². The van der Waals surface area contributed by atoms with Crippen molar-refractivity contribution in [2.24, 2.45) is 0 Å². The Morgan fingerprint density at radius 1 is 1.12 bits per heavy atom. The molecular formula is C17H22N2O7. The molecule has 0 saturated carbocycles. The van der Waals surface area contributed by atoms with Gasteiger partial charge >= 0.3 is 18.0 Å². The topological polar surface area (TPSA) is 147 Å². The molecule has 26 heavy (non-hydrogen) atoms. The van der Waals surface area contributed by atoms with E-state index in [0.29, 0.717) is 10.6 Å². The van der Waals surface area contributed by atoms with Crippen LogP contribution in [0.5, 0.6) is 0 Å². The molecule has 0 fully saturated rings. The maximum atomic E-state index is 12.7. The van der Waals surface area contributed by atoms with Gasteiger partial charge in [0.05, 0.1) is 0 Å². The van der Waals surface area contributed by atoms with Crippen LogP contribution in [0.2, 0.25) is 0 Å². The fourth-order valence-electron chi connectivity index (χ4n) is 2.05. The Morgan fingerprint density at radius 3 is 2.08 bits per heavy atom. The van der Waals surface area contributed by atoms with Gasteiger partial charge < -0.3 is 20.7 Å². The maximum absolute atomic E-state index is 12.7. The minimum absolute atomic E-state index is 0.0200. The molecule has 142 valence electrons. The van der Waals surface area contributed by atoms with Gasteiger partial charge in [-0.2, -0.15) is 0 Å². The predicted octanol–water partition coefficient (Wildman–Crippen LogP) is 1.96. The molecule has 0 bridgehead atoms. The minimum Gasteiger partial charge on any atom is -0.481 e. The highest BCUT2D eigenvalue weighted by molar-refractivity contribution is 6.05. The van der Waals surface area contributed by atoms with E-state index in [1.807, 2.05) is 0 Å². The van der Waals surface area contributed by atoms with E-state index < -0.39 is 48.4 Å². The SMILES string of the molecule is CC(C)(C)OC(=O)N(C(=O)c1ccc(N)cc1)[C@@H](CCC(=O)O)C(=O)O. The van der Waals surface area contributed by atoms with Crippen LogP contribution in [-0.4, -0.2) is 50.7 Å². The van der Waals surface area contributed by atoms with Crippen LogP contribution in [0, 0.1) is 0 Å². The van der Waals surface area contributed by atoms with Crippen molar-refractivity contribution < 1.29 is 34.1 Å². The number of carboxylic acids is 2. The van der Waals surface area contributed by atoms with Gasteiger partial charge in [-0.1, -0.05) is 0 Å². The first-order valence-electron chi connectivity index (χ1n) is 7.79. The Morgan fingerprint density at radius 2 is 1.65 bits per heavy atom.